The fourth-order valence-electron chi connectivity index (χ4n) is 4.70. The van der Waals surface area contributed by atoms with E-state index < -0.39 is 17.9 Å². The molecule has 0 aromatic heterocycles. The largest absolute Gasteiger partial charge is 0.494 e. The first kappa shape index (κ1) is 29.4. The number of nitrogens with zero attached hydrogens (tertiary/aromatic N) is 1. The molecule has 9 nitrogen and oxygen atoms in total. The number of carboxylic acids is 2. The predicted octanol–water partition coefficient (Wildman–Crippen LogP) is 4.92. The minimum atomic E-state index is -1.13. The predicted molar refractivity (Wildman–Crippen MR) is 148 cm³/mol. The van der Waals surface area contributed by atoms with Crippen molar-refractivity contribution in [2.45, 2.75) is 51.4 Å². The van der Waals surface area contributed by atoms with Gasteiger partial charge < -0.3 is 29.3 Å². The van der Waals surface area contributed by atoms with E-state index >= 15 is 0 Å². The van der Waals surface area contributed by atoms with Crippen LogP contribution < -0.4 is 9.47 Å². The lowest BCUT2D eigenvalue weighted by Gasteiger charge is -2.30. The lowest BCUT2D eigenvalue weighted by Crippen LogP contribution is -2.40. The van der Waals surface area contributed by atoms with E-state index in [4.69, 9.17) is 14.2 Å². The Hall–Kier alpha value is -3.59. The highest BCUT2D eigenvalue weighted by Crippen LogP contribution is 2.29. The third kappa shape index (κ3) is 8.98. The second-order valence-electron chi connectivity index (χ2n) is 10.6. The fraction of sp³-hybridized carbons (Fsp3) is 0.516. The van der Waals surface area contributed by atoms with Crippen molar-refractivity contribution in [2.24, 2.45) is 11.8 Å². The van der Waals surface area contributed by atoms with Crippen molar-refractivity contribution in [3.05, 3.63) is 59.2 Å². The molecule has 40 heavy (non-hydrogen) atoms. The molecule has 2 aromatic carbocycles. The molecule has 0 bridgehead atoms. The second-order valence-corrected chi connectivity index (χ2v) is 10.6. The summed E-state index contributed by atoms with van der Waals surface area (Å²) >= 11 is 0. The van der Waals surface area contributed by atoms with Crippen LogP contribution in [-0.2, 0) is 16.0 Å². The maximum Gasteiger partial charge on any atom is 0.335 e. The smallest absolute Gasteiger partial charge is 0.335 e. The number of aromatic carboxylic acids is 1. The highest BCUT2D eigenvalue weighted by atomic mass is 16.5. The van der Waals surface area contributed by atoms with Crippen LogP contribution in [0.2, 0.25) is 0 Å². The SMILES string of the molecule is O=C(O)c1ccc(OCCCc2ccc(OCCCCOCC3CC3)cc2)c(C(=O)N2CCC(C(=O)O)CC2)c1. The average Bonchev–Trinajstić information content (AvgIpc) is 3.79. The van der Waals surface area contributed by atoms with Gasteiger partial charge in [0.05, 0.1) is 30.3 Å². The van der Waals surface area contributed by atoms with Crippen LogP contribution in [-0.4, -0.2) is 72.5 Å². The summed E-state index contributed by atoms with van der Waals surface area (Å²) in [5, 5.41) is 18.6. The van der Waals surface area contributed by atoms with E-state index in [0.717, 1.165) is 49.7 Å². The summed E-state index contributed by atoms with van der Waals surface area (Å²) in [6.45, 7) is 3.33. The molecule has 216 valence electrons. The molecule has 4 rings (SSSR count). The van der Waals surface area contributed by atoms with E-state index in [1.54, 1.807) is 4.90 Å². The lowest BCUT2D eigenvalue weighted by molar-refractivity contribution is -0.143. The van der Waals surface area contributed by atoms with Crippen LogP contribution in [0.25, 0.3) is 0 Å². The number of piperidine rings is 1. The Morgan fingerprint density at radius 1 is 0.825 bits per heavy atom. The summed E-state index contributed by atoms with van der Waals surface area (Å²) in [5.41, 5.74) is 1.33. The van der Waals surface area contributed by atoms with Crippen LogP contribution in [0.5, 0.6) is 11.5 Å². The zero-order chi connectivity index (χ0) is 28.3. The van der Waals surface area contributed by atoms with Crippen molar-refractivity contribution in [2.75, 3.05) is 39.5 Å². The first-order valence-corrected chi connectivity index (χ1v) is 14.2. The lowest BCUT2D eigenvalue weighted by atomic mass is 9.96. The number of hydrogen-bond donors (Lipinski definition) is 2. The van der Waals surface area contributed by atoms with Gasteiger partial charge in [-0.15, -0.1) is 0 Å². The van der Waals surface area contributed by atoms with Crippen LogP contribution in [0, 0.1) is 11.8 Å². The summed E-state index contributed by atoms with van der Waals surface area (Å²) < 4.78 is 17.4. The van der Waals surface area contributed by atoms with E-state index in [2.05, 4.69) is 0 Å². The maximum atomic E-state index is 13.2. The summed E-state index contributed by atoms with van der Waals surface area (Å²) in [5.74, 6) is -0.822. The molecule has 2 aliphatic rings. The Balaban J connectivity index is 1.21. The van der Waals surface area contributed by atoms with E-state index in [0.29, 0.717) is 51.3 Å². The molecule has 1 saturated carbocycles. The highest BCUT2D eigenvalue weighted by Gasteiger charge is 2.29. The average molecular weight is 554 g/mol. The molecule has 0 spiro atoms. The summed E-state index contributed by atoms with van der Waals surface area (Å²) in [6, 6.07) is 12.3. The van der Waals surface area contributed by atoms with E-state index in [1.165, 1.54) is 31.0 Å². The second kappa shape index (κ2) is 14.7. The normalized spacial score (nSPS) is 15.6. The minimum Gasteiger partial charge on any atom is -0.494 e. The molecule has 0 atom stereocenters. The molecule has 1 aliphatic heterocycles. The van der Waals surface area contributed by atoms with Gasteiger partial charge in [0.15, 0.2) is 0 Å². The quantitative estimate of drug-likeness (QED) is 0.281. The van der Waals surface area contributed by atoms with E-state index in [-0.39, 0.29) is 17.0 Å². The van der Waals surface area contributed by atoms with Gasteiger partial charge in [-0.3, -0.25) is 9.59 Å². The van der Waals surface area contributed by atoms with Gasteiger partial charge in [-0.25, -0.2) is 4.79 Å². The number of likely N-dealkylation sites (tertiary alicyclic amines) is 1. The fourth-order valence-corrected chi connectivity index (χ4v) is 4.70. The summed E-state index contributed by atoms with van der Waals surface area (Å²) in [7, 11) is 0. The Morgan fingerprint density at radius 3 is 2.20 bits per heavy atom. The Bertz CT molecular complexity index is 1140. The standard InChI is InChI=1S/C31H39NO8/c33-29(32-15-13-24(14-16-32)30(34)35)27-20-25(31(36)37)9-12-28(27)40-19-3-4-22-7-10-26(11-8-22)39-18-2-1-17-38-21-23-5-6-23/h7-12,20,23-24H,1-6,13-19,21H2,(H,34,35)(H,36,37). The van der Waals surface area contributed by atoms with Gasteiger partial charge in [0, 0.05) is 26.3 Å². The number of unbranched alkanes of at least 4 members (excludes halogenated alkanes) is 1. The van der Waals surface area contributed by atoms with Crippen molar-refractivity contribution in [1.82, 2.24) is 4.90 Å². The number of aliphatic carboxylic acids is 1. The number of ether oxygens (including phenoxy) is 3. The van der Waals surface area contributed by atoms with E-state index in [1.807, 2.05) is 24.3 Å². The molecule has 2 N–H and O–H groups in total. The molecule has 2 fully saturated rings. The monoisotopic (exact) mass is 553 g/mol. The maximum absolute atomic E-state index is 13.2. The van der Waals surface area contributed by atoms with Gasteiger partial charge in [0.2, 0.25) is 0 Å². The third-order valence-corrected chi connectivity index (χ3v) is 7.38. The summed E-state index contributed by atoms with van der Waals surface area (Å²) in [6.07, 6.45) is 6.81. The van der Waals surface area contributed by atoms with Crippen molar-refractivity contribution in [3.63, 3.8) is 0 Å². The molecule has 0 radical (unpaired) electrons. The molecule has 1 saturated heterocycles. The van der Waals surface area contributed by atoms with Crippen LogP contribution in [0.3, 0.4) is 0 Å². The van der Waals surface area contributed by atoms with Crippen LogP contribution in [0.4, 0.5) is 0 Å². The first-order chi connectivity index (χ1) is 19.4. The van der Waals surface area contributed by atoms with E-state index in [9.17, 15) is 24.6 Å². The van der Waals surface area contributed by atoms with Gasteiger partial charge in [-0.05, 0) is 93.2 Å². The zero-order valence-electron chi connectivity index (χ0n) is 22.9. The Kier molecular flexibility index (Phi) is 10.8. The van der Waals surface area contributed by atoms with Gasteiger partial charge in [0.25, 0.3) is 5.91 Å². The van der Waals surface area contributed by atoms with Gasteiger partial charge in [0.1, 0.15) is 11.5 Å². The number of carbonyl (C=O) groups is 3. The number of rotatable bonds is 16. The number of amides is 1. The third-order valence-electron chi connectivity index (χ3n) is 7.38. The number of carboxylic acid groups (broad SMARTS) is 2. The van der Waals surface area contributed by atoms with Crippen LogP contribution in [0.15, 0.2) is 42.5 Å². The zero-order valence-corrected chi connectivity index (χ0v) is 22.9. The van der Waals surface area contributed by atoms with Gasteiger partial charge in [-0.1, -0.05) is 12.1 Å². The van der Waals surface area contributed by atoms with Crippen molar-refractivity contribution in [3.8, 4) is 11.5 Å². The van der Waals surface area contributed by atoms with Crippen molar-refractivity contribution >= 4 is 17.8 Å². The number of hydrogen-bond acceptors (Lipinski definition) is 6. The number of benzene rings is 2. The van der Waals surface area contributed by atoms with Gasteiger partial charge in [-0.2, -0.15) is 0 Å². The highest BCUT2D eigenvalue weighted by molar-refractivity contribution is 6.00. The Morgan fingerprint density at radius 2 is 1.52 bits per heavy atom. The Labute approximate surface area is 235 Å². The number of carbonyl (C=O) groups excluding carboxylic acids is 1. The topological polar surface area (TPSA) is 123 Å². The number of aryl methyl sites for hydroxylation is 1. The first-order valence-electron chi connectivity index (χ1n) is 14.2. The van der Waals surface area contributed by atoms with Crippen LogP contribution in [0.1, 0.15) is 71.2 Å². The van der Waals surface area contributed by atoms with Crippen LogP contribution >= 0.6 is 0 Å². The molecule has 1 aliphatic carbocycles. The van der Waals surface area contributed by atoms with Crippen molar-refractivity contribution < 1.29 is 38.8 Å². The molecule has 0 unspecified atom stereocenters. The minimum absolute atomic E-state index is 0.000315. The molecule has 9 heteroatoms. The summed E-state index contributed by atoms with van der Waals surface area (Å²) in [4.78, 5) is 37.5. The molecule has 1 heterocycles. The molecular formula is C31H39NO8. The van der Waals surface area contributed by atoms with Gasteiger partial charge >= 0.3 is 11.9 Å². The molecule has 2 aromatic rings. The molecule has 1 amide bonds. The van der Waals surface area contributed by atoms with Crippen molar-refractivity contribution in [1.29, 1.82) is 0 Å². The molecular weight excluding hydrogens is 514 g/mol.